The molecule has 1 aromatic carbocycles. The number of benzene rings is 1. The molecule has 3 rings (SSSR count). The fraction of sp³-hybridized carbons (Fsp3) is 0.533. The van der Waals surface area contributed by atoms with Crippen molar-refractivity contribution in [3.63, 3.8) is 0 Å². The van der Waals surface area contributed by atoms with Gasteiger partial charge in [-0.1, -0.05) is 19.3 Å². The van der Waals surface area contributed by atoms with Crippen LogP contribution in [-0.2, 0) is 12.1 Å². The fourth-order valence-electron chi connectivity index (χ4n) is 3.21. The van der Waals surface area contributed by atoms with E-state index in [-0.39, 0.29) is 11.4 Å². The first-order valence-electron chi connectivity index (χ1n) is 7.09. The molecule has 0 amide bonds. The fourth-order valence-corrected chi connectivity index (χ4v) is 3.21. The lowest BCUT2D eigenvalue weighted by Gasteiger charge is -2.33. The van der Waals surface area contributed by atoms with E-state index >= 15 is 0 Å². The van der Waals surface area contributed by atoms with E-state index in [2.05, 4.69) is 16.5 Å². The molecule has 1 saturated carbocycles. The van der Waals surface area contributed by atoms with Crippen molar-refractivity contribution in [1.82, 2.24) is 9.55 Å². The third-order valence-electron chi connectivity index (χ3n) is 4.22. The number of hydrogen-bond acceptors (Lipinski definition) is 2. The summed E-state index contributed by atoms with van der Waals surface area (Å²) in [5, 5.41) is 0. The molecule has 4 heteroatoms. The van der Waals surface area contributed by atoms with Gasteiger partial charge in [0.15, 0.2) is 0 Å². The number of hydrogen-bond donors (Lipinski definition) is 1. The van der Waals surface area contributed by atoms with Crippen LogP contribution in [0.2, 0.25) is 0 Å². The highest BCUT2D eigenvalue weighted by molar-refractivity contribution is 5.76. The zero-order valence-corrected chi connectivity index (χ0v) is 11.3. The Hall–Kier alpha value is -1.42. The van der Waals surface area contributed by atoms with E-state index in [1.807, 2.05) is 0 Å². The normalized spacial score (nSPS) is 18.9. The number of halogens is 1. The van der Waals surface area contributed by atoms with E-state index in [1.54, 1.807) is 6.07 Å². The first-order chi connectivity index (χ1) is 9.14. The second-order valence-electron chi connectivity index (χ2n) is 5.53. The van der Waals surface area contributed by atoms with Gasteiger partial charge in [-0.25, -0.2) is 9.37 Å². The van der Waals surface area contributed by atoms with Gasteiger partial charge in [-0.15, -0.1) is 0 Å². The first-order valence-corrected chi connectivity index (χ1v) is 7.09. The molecular weight excluding hydrogens is 241 g/mol. The molecule has 0 spiro atoms. The monoisotopic (exact) mass is 261 g/mol. The van der Waals surface area contributed by atoms with E-state index in [0.717, 1.165) is 43.6 Å². The van der Waals surface area contributed by atoms with Crippen molar-refractivity contribution in [1.29, 1.82) is 0 Å². The van der Waals surface area contributed by atoms with Crippen molar-refractivity contribution in [2.75, 3.05) is 0 Å². The lowest BCUT2D eigenvalue weighted by atomic mass is 9.82. The van der Waals surface area contributed by atoms with Crippen molar-refractivity contribution in [3.05, 3.63) is 29.8 Å². The van der Waals surface area contributed by atoms with Gasteiger partial charge in [0.2, 0.25) is 0 Å². The highest BCUT2D eigenvalue weighted by Gasteiger charge is 2.34. The summed E-state index contributed by atoms with van der Waals surface area (Å²) in [6.45, 7) is 2.90. The molecule has 0 bridgehead atoms. The van der Waals surface area contributed by atoms with Crippen LogP contribution in [-0.4, -0.2) is 9.55 Å². The molecule has 1 aliphatic rings. The average Bonchev–Trinajstić information content (AvgIpc) is 2.78. The number of aromatic nitrogens is 2. The molecule has 1 fully saturated rings. The lowest BCUT2D eigenvalue weighted by Crippen LogP contribution is -2.41. The van der Waals surface area contributed by atoms with Crippen LogP contribution in [0, 0.1) is 5.82 Å². The lowest BCUT2D eigenvalue weighted by molar-refractivity contribution is 0.279. The number of aryl methyl sites for hydroxylation is 1. The third-order valence-corrected chi connectivity index (χ3v) is 4.22. The van der Waals surface area contributed by atoms with Crippen LogP contribution in [0.3, 0.4) is 0 Å². The van der Waals surface area contributed by atoms with Crippen molar-refractivity contribution >= 4 is 11.0 Å². The predicted molar refractivity (Wildman–Crippen MR) is 74.3 cm³/mol. The Morgan fingerprint density at radius 2 is 2.05 bits per heavy atom. The van der Waals surface area contributed by atoms with Crippen LogP contribution in [0.4, 0.5) is 4.39 Å². The van der Waals surface area contributed by atoms with Crippen LogP contribution in [0.5, 0.6) is 0 Å². The maximum Gasteiger partial charge on any atom is 0.130 e. The molecule has 0 aliphatic heterocycles. The number of nitrogens with zero attached hydrogens (tertiary/aromatic N) is 2. The van der Waals surface area contributed by atoms with Crippen LogP contribution >= 0.6 is 0 Å². The van der Waals surface area contributed by atoms with Gasteiger partial charge in [-0.05, 0) is 31.9 Å². The van der Waals surface area contributed by atoms with Crippen molar-refractivity contribution in [2.45, 2.75) is 51.1 Å². The first kappa shape index (κ1) is 12.6. The van der Waals surface area contributed by atoms with Gasteiger partial charge in [-0.2, -0.15) is 0 Å². The van der Waals surface area contributed by atoms with Gasteiger partial charge in [0, 0.05) is 12.6 Å². The molecule has 0 atom stereocenters. The smallest absolute Gasteiger partial charge is 0.130 e. The molecule has 0 saturated heterocycles. The van der Waals surface area contributed by atoms with Gasteiger partial charge >= 0.3 is 0 Å². The second kappa shape index (κ2) is 4.60. The SMILES string of the molecule is CCn1c(C2(N)CCCCC2)nc2cc(F)ccc21. The summed E-state index contributed by atoms with van der Waals surface area (Å²) in [6.07, 6.45) is 5.49. The van der Waals surface area contributed by atoms with Crippen molar-refractivity contribution < 1.29 is 4.39 Å². The number of nitrogens with two attached hydrogens (primary N) is 1. The molecule has 1 aromatic heterocycles. The molecule has 3 nitrogen and oxygen atoms in total. The molecular formula is C15H20FN3. The average molecular weight is 261 g/mol. The third kappa shape index (κ3) is 2.04. The molecule has 0 radical (unpaired) electrons. The molecule has 19 heavy (non-hydrogen) atoms. The van der Waals surface area contributed by atoms with E-state index < -0.39 is 0 Å². The molecule has 102 valence electrons. The standard InChI is InChI=1S/C15H20FN3/c1-2-19-13-7-6-11(16)10-12(13)18-14(19)15(17)8-4-3-5-9-15/h6-7,10H,2-5,8-9,17H2,1H3. The quantitative estimate of drug-likeness (QED) is 0.901. The largest absolute Gasteiger partial charge is 0.327 e. The van der Waals surface area contributed by atoms with E-state index in [9.17, 15) is 4.39 Å². The zero-order chi connectivity index (χ0) is 13.5. The Balaban J connectivity index is 2.17. The van der Waals surface area contributed by atoms with E-state index in [0.29, 0.717) is 5.52 Å². The van der Waals surface area contributed by atoms with Crippen LogP contribution in [0.15, 0.2) is 18.2 Å². The number of fused-ring (bicyclic) bond motifs is 1. The van der Waals surface area contributed by atoms with Crippen LogP contribution < -0.4 is 5.73 Å². The zero-order valence-electron chi connectivity index (χ0n) is 11.3. The summed E-state index contributed by atoms with van der Waals surface area (Å²) >= 11 is 0. The topological polar surface area (TPSA) is 43.8 Å². The molecule has 1 heterocycles. The Morgan fingerprint density at radius 3 is 2.74 bits per heavy atom. The van der Waals surface area contributed by atoms with Gasteiger partial charge in [0.1, 0.15) is 11.6 Å². The highest BCUT2D eigenvalue weighted by atomic mass is 19.1. The molecule has 1 aliphatic carbocycles. The molecule has 2 N–H and O–H groups in total. The molecule has 0 unspecified atom stereocenters. The molecule has 2 aromatic rings. The summed E-state index contributed by atoms with van der Waals surface area (Å²) in [5.74, 6) is 0.685. The predicted octanol–water partition coefficient (Wildman–Crippen LogP) is 3.31. The van der Waals surface area contributed by atoms with Gasteiger partial charge in [0.05, 0.1) is 16.6 Å². The summed E-state index contributed by atoms with van der Waals surface area (Å²) in [7, 11) is 0. The second-order valence-corrected chi connectivity index (χ2v) is 5.53. The number of rotatable bonds is 2. The van der Waals surface area contributed by atoms with Crippen LogP contribution in [0.1, 0.15) is 44.9 Å². The number of imidazole rings is 1. The highest BCUT2D eigenvalue weighted by Crippen LogP contribution is 2.35. The Labute approximate surface area is 112 Å². The summed E-state index contributed by atoms with van der Waals surface area (Å²) in [4.78, 5) is 4.64. The Morgan fingerprint density at radius 1 is 1.32 bits per heavy atom. The minimum Gasteiger partial charge on any atom is -0.327 e. The van der Waals surface area contributed by atoms with Crippen molar-refractivity contribution in [3.8, 4) is 0 Å². The van der Waals surface area contributed by atoms with Gasteiger partial charge in [-0.3, -0.25) is 0 Å². The van der Waals surface area contributed by atoms with E-state index in [4.69, 9.17) is 5.73 Å². The summed E-state index contributed by atoms with van der Waals surface area (Å²) in [5.41, 5.74) is 7.93. The summed E-state index contributed by atoms with van der Waals surface area (Å²) in [6, 6.07) is 4.79. The van der Waals surface area contributed by atoms with Gasteiger partial charge < -0.3 is 10.3 Å². The Kier molecular flexibility index (Phi) is 3.05. The minimum atomic E-state index is -0.343. The van der Waals surface area contributed by atoms with Gasteiger partial charge in [0.25, 0.3) is 0 Å². The van der Waals surface area contributed by atoms with Crippen LogP contribution in [0.25, 0.3) is 11.0 Å². The summed E-state index contributed by atoms with van der Waals surface area (Å²) < 4.78 is 15.5. The van der Waals surface area contributed by atoms with E-state index in [1.165, 1.54) is 18.6 Å². The van der Waals surface area contributed by atoms with Crippen molar-refractivity contribution in [2.24, 2.45) is 5.73 Å². The minimum absolute atomic E-state index is 0.241. The maximum absolute atomic E-state index is 13.3. The maximum atomic E-state index is 13.3. The Bertz CT molecular complexity index is 597.